The molecule has 0 aromatic rings. The van der Waals surface area contributed by atoms with Crippen LogP contribution in [0.25, 0.3) is 0 Å². The Labute approximate surface area is 333 Å². The summed E-state index contributed by atoms with van der Waals surface area (Å²) in [6.45, 7) is 23.8. The van der Waals surface area contributed by atoms with E-state index in [0.29, 0.717) is 11.8 Å². The van der Waals surface area contributed by atoms with Gasteiger partial charge in [-0.15, -0.1) is 0 Å². The first-order valence-electron chi connectivity index (χ1n) is 21.2. The van der Waals surface area contributed by atoms with Crippen LogP contribution in [0.1, 0.15) is 186 Å². The molecule has 2 unspecified atom stereocenters. The summed E-state index contributed by atoms with van der Waals surface area (Å²) in [6, 6.07) is 0. The Hall–Kier alpha value is -1.10. The SMILES string of the molecule is C/C(=C/CCC(C)(OCC(F)(F)F)OCC(F)(F)F)CCCC(C)CCCC(C)C.CC(=CCCC1(C)OCC(C)(C)CO1)CCCC(C)CCCC(C)C. The van der Waals surface area contributed by atoms with E-state index in [-0.39, 0.29) is 18.3 Å². The summed E-state index contributed by atoms with van der Waals surface area (Å²) in [5.41, 5.74) is 2.74. The van der Waals surface area contributed by atoms with Crippen molar-refractivity contribution >= 4 is 0 Å². The third-order valence-corrected chi connectivity index (χ3v) is 10.3. The average molecular weight is 801 g/mol. The summed E-state index contributed by atoms with van der Waals surface area (Å²) < 4.78 is 95.8. The van der Waals surface area contributed by atoms with Crippen molar-refractivity contribution in [2.45, 2.75) is 210 Å². The van der Waals surface area contributed by atoms with Gasteiger partial charge < -0.3 is 18.9 Å². The van der Waals surface area contributed by atoms with Crippen LogP contribution < -0.4 is 0 Å². The lowest BCUT2D eigenvalue weighted by Crippen LogP contribution is -2.45. The Morgan fingerprint density at radius 2 is 1.00 bits per heavy atom. The van der Waals surface area contributed by atoms with Gasteiger partial charge in [0, 0.05) is 18.3 Å². The van der Waals surface area contributed by atoms with E-state index in [1.165, 1.54) is 63.4 Å². The summed E-state index contributed by atoms with van der Waals surface area (Å²) in [4.78, 5) is 0. The molecule has 0 bridgehead atoms. The van der Waals surface area contributed by atoms with Crippen LogP contribution in [0, 0.1) is 29.1 Å². The Morgan fingerprint density at radius 3 is 1.38 bits per heavy atom. The third-order valence-electron chi connectivity index (χ3n) is 10.3. The first-order valence-corrected chi connectivity index (χ1v) is 21.2. The van der Waals surface area contributed by atoms with Crippen molar-refractivity contribution in [2.24, 2.45) is 29.1 Å². The summed E-state index contributed by atoms with van der Waals surface area (Å²) in [5.74, 6) is 0.740. The number of hydrogen-bond acceptors (Lipinski definition) is 4. The Balaban J connectivity index is 0.00000108. The molecule has 0 aromatic heterocycles. The maximum absolute atomic E-state index is 12.4. The van der Waals surface area contributed by atoms with Crippen LogP contribution >= 0.6 is 0 Å². The van der Waals surface area contributed by atoms with Crippen molar-refractivity contribution in [1.82, 2.24) is 0 Å². The van der Waals surface area contributed by atoms with Crippen molar-refractivity contribution < 1.29 is 45.3 Å². The fraction of sp³-hybridized carbons (Fsp3) is 0.911. The van der Waals surface area contributed by atoms with E-state index in [0.717, 1.165) is 69.7 Å². The molecule has 0 amide bonds. The van der Waals surface area contributed by atoms with E-state index in [9.17, 15) is 26.3 Å². The highest BCUT2D eigenvalue weighted by Crippen LogP contribution is 2.33. The van der Waals surface area contributed by atoms with Gasteiger partial charge in [0.1, 0.15) is 13.2 Å². The maximum Gasteiger partial charge on any atom is 0.411 e. The highest BCUT2D eigenvalue weighted by Gasteiger charge is 2.38. The molecular weight excluding hydrogens is 718 g/mol. The number of halogens is 6. The lowest BCUT2D eigenvalue weighted by atomic mass is 9.93. The lowest BCUT2D eigenvalue weighted by Gasteiger charge is -2.41. The number of ether oxygens (including phenoxy) is 4. The van der Waals surface area contributed by atoms with Gasteiger partial charge in [-0.1, -0.05) is 130 Å². The molecule has 1 aliphatic rings. The van der Waals surface area contributed by atoms with Gasteiger partial charge in [-0.05, 0) is 89.9 Å². The van der Waals surface area contributed by atoms with Crippen molar-refractivity contribution in [1.29, 1.82) is 0 Å². The minimum Gasteiger partial charge on any atom is -0.350 e. The first kappa shape index (κ1) is 53.9. The molecule has 10 heteroatoms. The summed E-state index contributed by atoms with van der Waals surface area (Å²) in [7, 11) is 0. The standard InChI is InChI=1S/C23H44O2.C22H38F6O2/c1-19(2)11-8-12-20(3)13-9-14-21(4)15-10-16-23(7)24-17-22(5,6)18-25-23;1-17(2)9-6-10-18(3)11-7-12-19(4)13-8-14-20(5,29-15-21(23,24)25)30-16-22(26,27)28/h15,19-20H,8-14,16-18H2,1-7H3;13,17-18H,6-12,14-16H2,1-5H3/b;19-13-. The summed E-state index contributed by atoms with van der Waals surface area (Å²) in [5, 5.41) is 0. The molecule has 0 N–H and O–H groups in total. The summed E-state index contributed by atoms with van der Waals surface area (Å²) in [6.07, 6.45) is 11.9. The van der Waals surface area contributed by atoms with Crippen molar-refractivity contribution in [3.63, 3.8) is 0 Å². The lowest BCUT2D eigenvalue weighted by molar-refractivity contribution is -0.305. The predicted octanol–water partition coefficient (Wildman–Crippen LogP) is 15.4. The quantitative estimate of drug-likeness (QED) is 0.0496. The normalized spacial score (nSPS) is 18.0. The largest absolute Gasteiger partial charge is 0.411 e. The monoisotopic (exact) mass is 801 g/mol. The molecule has 1 aliphatic heterocycles. The van der Waals surface area contributed by atoms with Crippen molar-refractivity contribution in [3.05, 3.63) is 23.3 Å². The summed E-state index contributed by atoms with van der Waals surface area (Å²) >= 11 is 0. The second-order valence-electron chi connectivity index (χ2n) is 18.6. The van der Waals surface area contributed by atoms with Crippen LogP contribution in [0.15, 0.2) is 23.3 Å². The minimum absolute atomic E-state index is 0.0951. The molecular formula is C45H82F6O4. The zero-order chi connectivity index (χ0) is 42.3. The molecule has 1 heterocycles. The Bertz CT molecular complexity index is 1020. The molecule has 1 fully saturated rings. The van der Waals surface area contributed by atoms with Crippen LogP contribution in [0.5, 0.6) is 0 Å². The van der Waals surface area contributed by atoms with Crippen molar-refractivity contribution in [3.8, 4) is 0 Å². The molecule has 0 aliphatic carbocycles. The van der Waals surface area contributed by atoms with Gasteiger partial charge in [-0.2, -0.15) is 26.3 Å². The molecule has 0 saturated carbocycles. The highest BCUT2D eigenvalue weighted by molar-refractivity contribution is 4.99. The van der Waals surface area contributed by atoms with E-state index in [1.807, 2.05) is 13.0 Å². The predicted molar refractivity (Wildman–Crippen MR) is 216 cm³/mol. The Kier molecular flexibility index (Phi) is 26.3. The minimum atomic E-state index is -4.64. The molecule has 0 aromatic carbocycles. The van der Waals surface area contributed by atoms with Crippen LogP contribution in [0.4, 0.5) is 26.3 Å². The highest BCUT2D eigenvalue weighted by atomic mass is 19.4. The van der Waals surface area contributed by atoms with E-state index in [1.54, 1.807) is 0 Å². The van der Waals surface area contributed by atoms with Crippen LogP contribution in [-0.2, 0) is 18.9 Å². The average Bonchev–Trinajstić information content (AvgIpc) is 3.04. The zero-order valence-electron chi connectivity index (χ0n) is 37.0. The molecule has 1 saturated heterocycles. The van der Waals surface area contributed by atoms with Crippen LogP contribution in [0.3, 0.4) is 0 Å². The van der Waals surface area contributed by atoms with Gasteiger partial charge in [0.25, 0.3) is 0 Å². The fourth-order valence-electron chi connectivity index (χ4n) is 6.44. The fourth-order valence-corrected chi connectivity index (χ4v) is 6.44. The molecule has 2 atom stereocenters. The molecule has 328 valence electrons. The first-order chi connectivity index (χ1) is 25.2. The van der Waals surface area contributed by atoms with E-state index < -0.39 is 37.1 Å². The smallest absolute Gasteiger partial charge is 0.350 e. The topological polar surface area (TPSA) is 36.9 Å². The zero-order valence-corrected chi connectivity index (χ0v) is 37.0. The van der Waals surface area contributed by atoms with Gasteiger partial charge in [-0.3, -0.25) is 0 Å². The third kappa shape index (κ3) is 32.5. The van der Waals surface area contributed by atoms with Gasteiger partial charge in [0.05, 0.1) is 13.2 Å². The second-order valence-corrected chi connectivity index (χ2v) is 18.6. The second kappa shape index (κ2) is 26.8. The van der Waals surface area contributed by atoms with Gasteiger partial charge in [0.2, 0.25) is 0 Å². The van der Waals surface area contributed by atoms with Gasteiger partial charge in [0.15, 0.2) is 11.6 Å². The van der Waals surface area contributed by atoms with Gasteiger partial charge in [-0.25, -0.2) is 0 Å². The molecule has 1 rings (SSSR count). The molecule has 0 radical (unpaired) electrons. The Morgan fingerprint density at radius 1 is 0.618 bits per heavy atom. The molecule has 55 heavy (non-hydrogen) atoms. The van der Waals surface area contributed by atoms with Crippen molar-refractivity contribution in [2.75, 3.05) is 26.4 Å². The van der Waals surface area contributed by atoms with Gasteiger partial charge >= 0.3 is 12.4 Å². The van der Waals surface area contributed by atoms with E-state index in [2.05, 4.69) is 84.8 Å². The maximum atomic E-state index is 12.4. The number of rotatable bonds is 26. The molecule has 4 nitrogen and oxygen atoms in total. The van der Waals surface area contributed by atoms with Crippen LogP contribution in [0.2, 0.25) is 0 Å². The van der Waals surface area contributed by atoms with Crippen LogP contribution in [-0.4, -0.2) is 50.4 Å². The number of hydrogen-bond donors (Lipinski definition) is 0. The van der Waals surface area contributed by atoms with E-state index in [4.69, 9.17) is 9.47 Å². The van der Waals surface area contributed by atoms with E-state index >= 15 is 0 Å². The number of allylic oxidation sites excluding steroid dienone is 4. The number of alkyl halides is 6. The molecule has 0 spiro atoms.